The van der Waals surface area contributed by atoms with Gasteiger partial charge in [-0.2, -0.15) is 26.3 Å². The lowest BCUT2D eigenvalue weighted by molar-refractivity contribution is -0.143. The maximum absolute atomic E-state index is 12.6. The van der Waals surface area contributed by atoms with Crippen LogP contribution in [-0.2, 0) is 17.1 Å². The van der Waals surface area contributed by atoms with E-state index in [0.717, 1.165) is 0 Å². The first-order valence-corrected chi connectivity index (χ1v) is 5.37. The molecule has 0 unspecified atom stereocenters. The van der Waals surface area contributed by atoms with Crippen LogP contribution in [0.3, 0.4) is 0 Å². The van der Waals surface area contributed by atoms with E-state index in [1.165, 1.54) is 7.11 Å². The summed E-state index contributed by atoms with van der Waals surface area (Å²) in [5, 5.41) is 3.93. The standard InChI is InChI=1S/C11H10F6N2O2/c1-21-5-18-9(20)19-8-3-6(10(12,13)14)2-7(4-8)11(15,16)17/h2-4H,5H2,1H3,(H2,18,19,20). The third kappa shape index (κ3) is 5.14. The van der Waals surface area contributed by atoms with Crippen LogP contribution in [0, 0.1) is 0 Å². The van der Waals surface area contributed by atoms with Crippen molar-refractivity contribution in [3.63, 3.8) is 0 Å². The van der Waals surface area contributed by atoms with Crippen molar-refractivity contribution in [2.24, 2.45) is 0 Å². The number of hydrogen-bond acceptors (Lipinski definition) is 2. The highest BCUT2D eigenvalue weighted by Crippen LogP contribution is 2.37. The van der Waals surface area contributed by atoms with Crippen molar-refractivity contribution < 1.29 is 35.9 Å². The van der Waals surface area contributed by atoms with Gasteiger partial charge in [0.05, 0.1) is 11.1 Å². The van der Waals surface area contributed by atoms with Gasteiger partial charge in [0.2, 0.25) is 0 Å². The number of carbonyl (C=O) groups is 1. The molecule has 0 fully saturated rings. The number of benzene rings is 1. The molecule has 0 atom stereocenters. The number of methoxy groups -OCH3 is 1. The quantitative estimate of drug-likeness (QED) is 0.663. The van der Waals surface area contributed by atoms with Crippen molar-refractivity contribution in [1.29, 1.82) is 0 Å². The number of amides is 2. The van der Waals surface area contributed by atoms with E-state index in [2.05, 4.69) is 10.1 Å². The molecule has 0 aliphatic heterocycles. The lowest BCUT2D eigenvalue weighted by Crippen LogP contribution is -2.30. The molecule has 2 amide bonds. The van der Waals surface area contributed by atoms with Crippen LogP contribution in [0.25, 0.3) is 0 Å². The van der Waals surface area contributed by atoms with Gasteiger partial charge >= 0.3 is 18.4 Å². The lowest BCUT2D eigenvalue weighted by Gasteiger charge is -2.15. The van der Waals surface area contributed by atoms with Gasteiger partial charge in [0.25, 0.3) is 0 Å². The molecule has 10 heteroatoms. The van der Waals surface area contributed by atoms with Gasteiger partial charge in [0.15, 0.2) is 0 Å². The van der Waals surface area contributed by atoms with Crippen LogP contribution in [-0.4, -0.2) is 19.9 Å². The molecule has 1 rings (SSSR count). The maximum atomic E-state index is 12.6. The first kappa shape index (κ1) is 17.1. The van der Waals surface area contributed by atoms with Crippen LogP contribution < -0.4 is 10.6 Å². The number of urea groups is 1. The van der Waals surface area contributed by atoms with E-state index < -0.39 is 35.2 Å². The highest BCUT2D eigenvalue weighted by molar-refractivity contribution is 5.89. The Kier molecular flexibility index (Phi) is 5.05. The number of halogens is 6. The summed E-state index contributed by atoms with van der Waals surface area (Å²) in [6.45, 7) is -0.253. The van der Waals surface area contributed by atoms with Crippen LogP contribution in [0.2, 0.25) is 0 Å². The normalized spacial score (nSPS) is 12.1. The van der Waals surface area contributed by atoms with Crippen LogP contribution in [0.4, 0.5) is 36.8 Å². The fourth-order valence-electron chi connectivity index (χ4n) is 1.34. The summed E-state index contributed by atoms with van der Waals surface area (Å²) >= 11 is 0. The zero-order valence-electron chi connectivity index (χ0n) is 10.5. The molecule has 0 aromatic heterocycles. The number of hydrogen-bond donors (Lipinski definition) is 2. The number of rotatable bonds is 3. The average Bonchev–Trinajstić information content (AvgIpc) is 2.34. The molecular weight excluding hydrogens is 306 g/mol. The van der Waals surface area contributed by atoms with E-state index in [0.29, 0.717) is 12.1 Å². The first-order valence-electron chi connectivity index (χ1n) is 5.37. The molecule has 2 N–H and O–H groups in total. The van der Waals surface area contributed by atoms with Crippen LogP contribution >= 0.6 is 0 Å². The Morgan fingerprint density at radius 1 is 1.05 bits per heavy atom. The fourth-order valence-corrected chi connectivity index (χ4v) is 1.34. The molecule has 0 saturated heterocycles. The second-order valence-corrected chi connectivity index (χ2v) is 3.86. The smallest absolute Gasteiger partial charge is 0.364 e. The Balaban J connectivity index is 3.11. The van der Waals surface area contributed by atoms with Crippen molar-refractivity contribution >= 4 is 11.7 Å². The molecule has 0 radical (unpaired) electrons. The lowest BCUT2D eigenvalue weighted by atomic mass is 10.1. The minimum atomic E-state index is -4.97. The van der Waals surface area contributed by atoms with Crippen molar-refractivity contribution in [3.05, 3.63) is 29.3 Å². The van der Waals surface area contributed by atoms with Gasteiger partial charge in [-0.3, -0.25) is 0 Å². The summed E-state index contributed by atoms with van der Waals surface area (Å²) in [6.07, 6.45) is -9.94. The molecule has 0 heterocycles. The molecule has 0 spiro atoms. The summed E-state index contributed by atoms with van der Waals surface area (Å²) < 4.78 is 79.8. The Morgan fingerprint density at radius 2 is 1.52 bits per heavy atom. The van der Waals surface area contributed by atoms with Crippen molar-refractivity contribution in [2.45, 2.75) is 12.4 Å². The van der Waals surface area contributed by atoms with E-state index in [1.54, 1.807) is 0 Å². The van der Waals surface area contributed by atoms with E-state index in [-0.39, 0.29) is 12.8 Å². The monoisotopic (exact) mass is 316 g/mol. The number of alkyl halides is 6. The predicted octanol–water partition coefficient (Wildman–Crippen LogP) is 3.45. The van der Waals surface area contributed by atoms with Crippen molar-refractivity contribution in [3.8, 4) is 0 Å². The van der Waals surface area contributed by atoms with Crippen LogP contribution in [0.5, 0.6) is 0 Å². The molecule has 1 aromatic rings. The maximum Gasteiger partial charge on any atom is 0.416 e. The fraction of sp³-hybridized carbons (Fsp3) is 0.364. The summed E-state index contributed by atoms with van der Waals surface area (Å²) in [5.41, 5.74) is -3.66. The van der Waals surface area contributed by atoms with Crippen molar-refractivity contribution in [2.75, 3.05) is 19.2 Å². The largest absolute Gasteiger partial charge is 0.416 e. The molecule has 0 aliphatic carbocycles. The molecular formula is C11H10F6N2O2. The Bertz CT molecular complexity index is 480. The van der Waals surface area contributed by atoms with E-state index in [4.69, 9.17) is 0 Å². The highest BCUT2D eigenvalue weighted by Gasteiger charge is 2.37. The highest BCUT2D eigenvalue weighted by atomic mass is 19.4. The van der Waals surface area contributed by atoms with Gasteiger partial charge < -0.3 is 15.4 Å². The minimum absolute atomic E-state index is 0.0295. The SMILES string of the molecule is COCNC(=O)Nc1cc(C(F)(F)F)cc(C(F)(F)F)c1. The summed E-state index contributed by atoms with van der Waals surface area (Å²) in [7, 11) is 1.24. The van der Waals surface area contributed by atoms with Gasteiger partial charge in [-0.05, 0) is 18.2 Å². The molecule has 0 aliphatic rings. The Labute approximate surface area is 115 Å². The third-order valence-electron chi connectivity index (χ3n) is 2.22. The molecule has 21 heavy (non-hydrogen) atoms. The average molecular weight is 316 g/mol. The topological polar surface area (TPSA) is 50.4 Å². The summed E-state index contributed by atoms with van der Waals surface area (Å²) in [4.78, 5) is 11.2. The predicted molar refractivity (Wildman–Crippen MR) is 60.5 cm³/mol. The van der Waals surface area contributed by atoms with E-state index in [1.807, 2.05) is 5.32 Å². The number of ether oxygens (including phenoxy) is 1. The first-order chi connectivity index (χ1) is 9.54. The van der Waals surface area contributed by atoms with Crippen LogP contribution in [0.15, 0.2) is 18.2 Å². The van der Waals surface area contributed by atoms with Gasteiger partial charge in [-0.25, -0.2) is 4.79 Å². The van der Waals surface area contributed by atoms with Gasteiger partial charge in [0.1, 0.15) is 6.73 Å². The van der Waals surface area contributed by atoms with Gasteiger partial charge in [0, 0.05) is 12.8 Å². The molecule has 4 nitrogen and oxygen atoms in total. The van der Waals surface area contributed by atoms with Crippen LogP contribution in [0.1, 0.15) is 11.1 Å². The zero-order valence-corrected chi connectivity index (χ0v) is 10.5. The number of nitrogens with one attached hydrogen (secondary N) is 2. The Hall–Kier alpha value is -1.97. The number of anilines is 1. The van der Waals surface area contributed by atoms with E-state index in [9.17, 15) is 31.1 Å². The molecule has 118 valence electrons. The number of carbonyl (C=O) groups excluding carboxylic acids is 1. The second-order valence-electron chi connectivity index (χ2n) is 3.86. The summed E-state index contributed by atoms with van der Waals surface area (Å²) in [6, 6.07) is -0.217. The molecule has 0 bridgehead atoms. The Morgan fingerprint density at radius 3 is 1.90 bits per heavy atom. The summed E-state index contributed by atoms with van der Waals surface area (Å²) in [5.74, 6) is 0. The van der Waals surface area contributed by atoms with E-state index >= 15 is 0 Å². The second kappa shape index (κ2) is 6.20. The minimum Gasteiger partial charge on any atom is -0.364 e. The van der Waals surface area contributed by atoms with Gasteiger partial charge in [-0.1, -0.05) is 0 Å². The molecule has 1 aromatic carbocycles. The third-order valence-corrected chi connectivity index (χ3v) is 2.22. The van der Waals surface area contributed by atoms with Gasteiger partial charge in [-0.15, -0.1) is 0 Å². The molecule has 0 saturated carbocycles. The zero-order chi connectivity index (χ0) is 16.3. The van der Waals surface area contributed by atoms with Crippen molar-refractivity contribution in [1.82, 2.24) is 5.32 Å².